The van der Waals surface area contributed by atoms with Crippen LogP contribution in [0.3, 0.4) is 0 Å². The summed E-state index contributed by atoms with van der Waals surface area (Å²) in [5.74, 6) is -0.273. The zero-order valence-electron chi connectivity index (χ0n) is 11.9. The molecule has 1 rings (SSSR count). The summed E-state index contributed by atoms with van der Waals surface area (Å²) in [6, 6.07) is 4.57. The average molecular weight is 320 g/mol. The van der Waals surface area contributed by atoms with Crippen LogP contribution in [0.15, 0.2) is 23.1 Å². The number of rotatable bonds is 4. The first-order valence-corrected chi connectivity index (χ1v) is 8.29. The van der Waals surface area contributed by atoms with Gasteiger partial charge in [0, 0.05) is 16.2 Å². The Morgan fingerprint density at radius 3 is 2.45 bits per heavy atom. The lowest BCUT2D eigenvalue weighted by molar-refractivity contribution is -0.124. The molecule has 0 heterocycles. The van der Waals surface area contributed by atoms with Crippen LogP contribution in [-0.2, 0) is 13.8 Å². The highest BCUT2D eigenvalue weighted by atomic mass is 35.7. The summed E-state index contributed by atoms with van der Waals surface area (Å²) >= 11 is 0. The number of amides is 1. The molecule has 20 heavy (non-hydrogen) atoms. The van der Waals surface area contributed by atoms with E-state index < -0.39 is 9.05 Å². The smallest absolute Gasteiger partial charge is 0.264 e. The SMILES string of the molecule is Cc1ccc(OCC(=O)NC(C)(C)C)c(S(=O)(=O)Cl)c1. The second kappa shape index (κ2) is 6.01. The largest absolute Gasteiger partial charge is 0.482 e. The maximum Gasteiger partial charge on any atom is 0.264 e. The van der Waals surface area contributed by atoms with Gasteiger partial charge in [-0.3, -0.25) is 4.79 Å². The molecule has 0 fully saturated rings. The van der Waals surface area contributed by atoms with Crippen molar-refractivity contribution in [3.05, 3.63) is 23.8 Å². The number of nitrogens with one attached hydrogen (secondary N) is 1. The lowest BCUT2D eigenvalue weighted by Crippen LogP contribution is -2.43. The van der Waals surface area contributed by atoms with Gasteiger partial charge in [-0.1, -0.05) is 6.07 Å². The first-order valence-electron chi connectivity index (χ1n) is 5.98. The molecule has 0 bridgehead atoms. The van der Waals surface area contributed by atoms with Gasteiger partial charge in [-0.15, -0.1) is 0 Å². The van der Waals surface area contributed by atoms with Gasteiger partial charge in [0.25, 0.3) is 15.0 Å². The fourth-order valence-electron chi connectivity index (χ4n) is 1.52. The molecule has 5 nitrogen and oxygen atoms in total. The number of carbonyl (C=O) groups is 1. The minimum Gasteiger partial charge on any atom is -0.482 e. The maximum atomic E-state index is 11.6. The molecule has 0 unspecified atom stereocenters. The first kappa shape index (κ1) is 16.8. The normalized spacial score (nSPS) is 12.1. The monoisotopic (exact) mass is 319 g/mol. The Labute approximate surface area is 123 Å². The molecule has 0 radical (unpaired) electrons. The molecule has 0 aliphatic heterocycles. The molecule has 112 valence electrons. The quantitative estimate of drug-likeness (QED) is 0.864. The number of aryl methyl sites for hydroxylation is 1. The van der Waals surface area contributed by atoms with Crippen LogP contribution in [0, 0.1) is 6.92 Å². The van der Waals surface area contributed by atoms with E-state index in [-0.39, 0.29) is 28.7 Å². The number of ether oxygens (including phenoxy) is 1. The number of halogens is 1. The third-order valence-electron chi connectivity index (χ3n) is 2.24. The van der Waals surface area contributed by atoms with Crippen molar-refractivity contribution in [2.75, 3.05) is 6.61 Å². The average Bonchev–Trinajstić information content (AvgIpc) is 2.23. The lowest BCUT2D eigenvalue weighted by Gasteiger charge is -2.20. The van der Waals surface area contributed by atoms with E-state index in [0.717, 1.165) is 5.56 Å². The molecule has 1 aromatic carbocycles. The zero-order chi connectivity index (χ0) is 15.6. The minimum absolute atomic E-state index is 0.0645. The Hall–Kier alpha value is -1.27. The highest BCUT2D eigenvalue weighted by Crippen LogP contribution is 2.27. The van der Waals surface area contributed by atoms with Gasteiger partial charge >= 0.3 is 0 Å². The van der Waals surface area contributed by atoms with Gasteiger partial charge in [0.2, 0.25) is 0 Å². The van der Waals surface area contributed by atoms with Crippen LogP contribution in [0.1, 0.15) is 26.3 Å². The van der Waals surface area contributed by atoms with Crippen molar-refractivity contribution in [3.8, 4) is 5.75 Å². The van der Waals surface area contributed by atoms with E-state index in [2.05, 4.69) is 5.32 Å². The lowest BCUT2D eigenvalue weighted by atomic mass is 10.1. The second-order valence-electron chi connectivity index (χ2n) is 5.47. The summed E-state index contributed by atoms with van der Waals surface area (Å²) in [6.07, 6.45) is 0. The van der Waals surface area contributed by atoms with Gasteiger partial charge in [-0.2, -0.15) is 0 Å². The van der Waals surface area contributed by atoms with Gasteiger partial charge in [0.15, 0.2) is 6.61 Å². The third-order valence-corrected chi connectivity index (χ3v) is 3.58. The molecule has 1 amide bonds. The Morgan fingerprint density at radius 1 is 1.35 bits per heavy atom. The topological polar surface area (TPSA) is 72.5 Å². The fourth-order valence-corrected chi connectivity index (χ4v) is 2.58. The van der Waals surface area contributed by atoms with E-state index in [4.69, 9.17) is 15.4 Å². The Morgan fingerprint density at radius 2 is 1.95 bits per heavy atom. The number of hydrogen-bond acceptors (Lipinski definition) is 4. The van der Waals surface area contributed by atoms with Crippen LogP contribution in [0.4, 0.5) is 0 Å². The Bertz CT molecular complexity index is 605. The van der Waals surface area contributed by atoms with Crippen molar-refractivity contribution in [2.45, 2.75) is 38.1 Å². The van der Waals surface area contributed by atoms with Gasteiger partial charge in [-0.25, -0.2) is 8.42 Å². The predicted octanol–water partition coefficient (Wildman–Crippen LogP) is 2.22. The van der Waals surface area contributed by atoms with E-state index in [9.17, 15) is 13.2 Å². The van der Waals surface area contributed by atoms with Crippen LogP contribution in [0.5, 0.6) is 5.75 Å². The van der Waals surface area contributed by atoms with Gasteiger partial charge in [-0.05, 0) is 45.4 Å². The Kier molecular flexibility index (Phi) is 5.05. The summed E-state index contributed by atoms with van der Waals surface area (Å²) in [6.45, 7) is 6.98. The highest BCUT2D eigenvalue weighted by Gasteiger charge is 2.19. The van der Waals surface area contributed by atoms with Crippen molar-refractivity contribution < 1.29 is 17.9 Å². The van der Waals surface area contributed by atoms with Crippen molar-refractivity contribution >= 4 is 25.6 Å². The third kappa shape index (κ3) is 5.38. The molecule has 0 atom stereocenters. The van der Waals surface area contributed by atoms with E-state index in [1.54, 1.807) is 13.0 Å². The minimum atomic E-state index is -3.92. The first-order chi connectivity index (χ1) is 8.99. The van der Waals surface area contributed by atoms with E-state index in [1.165, 1.54) is 12.1 Å². The number of hydrogen-bond donors (Lipinski definition) is 1. The van der Waals surface area contributed by atoms with Crippen molar-refractivity contribution in [1.29, 1.82) is 0 Å². The number of carbonyl (C=O) groups excluding carboxylic acids is 1. The molecular formula is C13H18ClNO4S. The molecule has 7 heteroatoms. The predicted molar refractivity (Wildman–Crippen MR) is 77.6 cm³/mol. The summed E-state index contributed by atoms with van der Waals surface area (Å²) in [4.78, 5) is 11.5. The standard InChI is InChI=1S/C13H18ClNO4S/c1-9-5-6-10(11(7-9)20(14,17)18)19-8-12(16)15-13(2,3)4/h5-7H,8H2,1-4H3,(H,15,16). The van der Waals surface area contributed by atoms with Crippen LogP contribution in [0.25, 0.3) is 0 Å². The molecule has 0 saturated carbocycles. The summed E-state index contributed by atoms with van der Waals surface area (Å²) in [5, 5.41) is 2.71. The van der Waals surface area contributed by atoms with Crippen LogP contribution >= 0.6 is 10.7 Å². The summed E-state index contributed by atoms with van der Waals surface area (Å²) in [5.41, 5.74) is 0.352. The summed E-state index contributed by atoms with van der Waals surface area (Å²) < 4.78 is 28.2. The van der Waals surface area contributed by atoms with Crippen LogP contribution in [0.2, 0.25) is 0 Å². The molecule has 0 aliphatic rings. The molecule has 0 spiro atoms. The highest BCUT2D eigenvalue weighted by molar-refractivity contribution is 8.13. The van der Waals surface area contributed by atoms with E-state index in [1.807, 2.05) is 20.8 Å². The van der Waals surface area contributed by atoms with Crippen LogP contribution in [-0.4, -0.2) is 26.5 Å². The molecular weight excluding hydrogens is 302 g/mol. The zero-order valence-corrected chi connectivity index (χ0v) is 13.4. The van der Waals surface area contributed by atoms with E-state index >= 15 is 0 Å². The molecule has 1 aromatic rings. The van der Waals surface area contributed by atoms with Crippen LogP contribution < -0.4 is 10.1 Å². The maximum absolute atomic E-state index is 11.6. The van der Waals surface area contributed by atoms with Crippen molar-refractivity contribution in [3.63, 3.8) is 0 Å². The van der Waals surface area contributed by atoms with Gasteiger partial charge in [0.1, 0.15) is 10.6 Å². The molecule has 0 aliphatic carbocycles. The molecule has 1 N–H and O–H groups in total. The Balaban J connectivity index is 2.87. The second-order valence-corrected chi connectivity index (χ2v) is 8.01. The number of benzene rings is 1. The molecule has 0 aromatic heterocycles. The van der Waals surface area contributed by atoms with Crippen molar-refractivity contribution in [1.82, 2.24) is 5.32 Å². The van der Waals surface area contributed by atoms with E-state index in [0.29, 0.717) is 0 Å². The molecule has 0 saturated heterocycles. The van der Waals surface area contributed by atoms with Gasteiger partial charge in [0.05, 0.1) is 0 Å². The van der Waals surface area contributed by atoms with Gasteiger partial charge < -0.3 is 10.1 Å². The van der Waals surface area contributed by atoms with Crippen molar-refractivity contribution in [2.24, 2.45) is 0 Å². The summed E-state index contributed by atoms with van der Waals surface area (Å²) in [7, 11) is 1.43. The fraction of sp³-hybridized carbons (Fsp3) is 0.462.